The number of aromatic nitrogens is 1. The van der Waals surface area contributed by atoms with Gasteiger partial charge in [0.05, 0.1) is 5.69 Å². The zero-order valence-corrected chi connectivity index (χ0v) is 25.1. The molecule has 0 bridgehead atoms. The van der Waals surface area contributed by atoms with Gasteiger partial charge in [-0.05, 0) is 81.9 Å². The molecule has 1 fully saturated rings. The predicted molar refractivity (Wildman–Crippen MR) is 157 cm³/mol. The number of hydrogen-bond acceptors (Lipinski definition) is 9. The minimum Gasteiger partial charge on any atom is -0.464 e. The number of anilines is 1. The average molecular weight is 596 g/mol. The van der Waals surface area contributed by atoms with E-state index in [4.69, 9.17) is 19.6 Å². The summed E-state index contributed by atoms with van der Waals surface area (Å²) in [5, 5.41) is 5.99. The van der Waals surface area contributed by atoms with E-state index in [1.165, 1.54) is 4.90 Å². The summed E-state index contributed by atoms with van der Waals surface area (Å²) in [6, 6.07) is 7.67. The first-order chi connectivity index (χ1) is 20.0. The Morgan fingerprint density at radius 1 is 1.10 bits per heavy atom. The van der Waals surface area contributed by atoms with Crippen molar-refractivity contribution in [3.05, 3.63) is 58.0 Å². The van der Waals surface area contributed by atoms with Crippen LogP contribution >= 0.6 is 11.5 Å². The van der Waals surface area contributed by atoms with E-state index in [9.17, 15) is 14.4 Å². The zero-order valence-electron chi connectivity index (χ0n) is 24.3. The van der Waals surface area contributed by atoms with Crippen molar-refractivity contribution in [2.24, 2.45) is 0 Å². The number of nitrogen functional groups attached to an aromatic ring is 1. The minimum absolute atomic E-state index is 0.0123. The number of nitrogens with two attached hydrogens (primary N) is 1. The average Bonchev–Trinajstić information content (AvgIpc) is 3.67. The van der Waals surface area contributed by atoms with Crippen LogP contribution in [0.5, 0.6) is 11.5 Å². The molecule has 224 valence electrons. The van der Waals surface area contributed by atoms with Crippen LogP contribution in [0.25, 0.3) is 0 Å². The lowest BCUT2D eigenvalue weighted by Gasteiger charge is -2.32. The third kappa shape index (κ3) is 6.53. The number of rotatable bonds is 8. The minimum atomic E-state index is -1.14. The van der Waals surface area contributed by atoms with Crippen LogP contribution in [-0.4, -0.2) is 45.4 Å². The number of nitrogens with zero attached hydrogens (tertiary/aromatic N) is 2. The summed E-state index contributed by atoms with van der Waals surface area (Å²) in [5.74, 6) is 0.645. The highest BCUT2D eigenvalue weighted by molar-refractivity contribution is 7.09. The summed E-state index contributed by atoms with van der Waals surface area (Å²) in [4.78, 5) is 42.7. The Hall–Kier alpha value is -4.06. The van der Waals surface area contributed by atoms with Gasteiger partial charge >= 0.3 is 0 Å². The molecule has 1 aliphatic carbocycles. The van der Waals surface area contributed by atoms with Crippen molar-refractivity contribution in [3.8, 4) is 11.5 Å². The van der Waals surface area contributed by atoms with Crippen molar-refractivity contribution in [3.63, 3.8) is 0 Å². The summed E-state index contributed by atoms with van der Waals surface area (Å²) < 4.78 is 21.2. The van der Waals surface area contributed by atoms with Crippen LogP contribution in [-0.2, 0) is 11.3 Å². The standard InChI is InChI=1S/C30H37N5O6S/c1-17-10-12-21(41-17)25(28(37)33-30(2,3)4)35(15-18-11-13-20-22(14-18)40-16-39-20)29(38)26-23(31)24(34-42-26)27(36)32-19-8-6-5-7-9-19/h10-14,19,25H,5-9,15-16,31H2,1-4H3,(H,32,36)(H,33,37)/t25-/m0/s1. The normalized spacial score (nSPS) is 15.7. The lowest BCUT2D eigenvalue weighted by atomic mass is 9.95. The van der Waals surface area contributed by atoms with Crippen LogP contribution in [0.3, 0.4) is 0 Å². The quantitative estimate of drug-likeness (QED) is 0.339. The second-order valence-corrected chi connectivity index (χ2v) is 12.6. The van der Waals surface area contributed by atoms with Crippen molar-refractivity contribution in [1.29, 1.82) is 0 Å². The molecule has 11 nitrogen and oxygen atoms in total. The van der Waals surface area contributed by atoms with Gasteiger partial charge in [-0.15, -0.1) is 0 Å². The number of amides is 3. The maximum atomic E-state index is 14.3. The fourth-order valence-electron chi connectivity index (χ4n) is 5.23. The van der Waals surface area contributed by atoms with Gasteiger partial charge in [-0.2, -0.15) is 4.37 Å². The van der Waals surface area contributed by atoms with Gasteiger partial charge in [-0.3, -0.25) is 14.4 Å². The molecule has 42 heavy (non-hydrogen) atoms. The number of fused-ring (bicyclic) bond motifs is 1. The Kier molecular flexibility index (Phi) is 8.44. The van der Waals surface area contributed by atoms with Crippen LogP contribution in [0.1, 0.15) is 96.2 Å². The van der Waals surface area contributed by atoms with Gasteiger partial charge in [-0.1, -0.05) is 25.3 Å². The van der Waals surface area contributed by atoms with E-state index in [1.54, 1.807) is 37.3 Å². The SMILES string of the molecule is Cc1ccc([C@@H](C(=O)NC(C)(C)C)N(Cc2ccc3c(c2)OCO3)C(=O)c2snc(C(=O)NC3CCCCC3)c2N)o1. The van der Waals surface area contributed by atoms with Crippen molar-refractivity contribution in [2.75, 3.05) is 12.5 Å². The molecule has 1 atom stereocenters. The first-order valence-electron chi connectivity index (χ1n) is 14.1. The fourth-order valence-corrected chi connectivity index (χ4v) is 5.98. The molecule has 1 saturated carbocycles. The number of nitrogens with one attached hydrogen (secondary N) is 2. The molecule has 3 heterocycles. The largest absolute Gasteiger partial charge is 0.464 e. The smallest absolute Gasteiger partial charge is 0.273 e. The number of furan rings is 1. The fraction of sp³-hybridized carbons (Fsp3) is 0.467. The van der Waals surface area contributed by atoms with E-state index in [-0.39, 0.29) is 35.6 Å². The molecule has 3 amide bonds. The van der Waals surface area contributed by atoms with Crippen LogP contribution in [0.4, 0.5) is 5.69 Å². The van der Waals surface area contributed by atoms with Crippen LogP contribution in [0.15, 0.2) is 34.7 Å². The molecule has 0 radical (unpaired) electrons. The molecule has 12 heteroatoms. The summed E-state index contributed by atoms with van der Waals surface area (Å²) in [6.07, 6.45) is 5.07. The maximum Gasteiger partial charge on any atom is 0.273 e. The van der Waals surface area contributed by atoms with Gasteiger partial charge in [0.25, 0.3) is 17.7 Å². The molecule has 1 aromatic carbocycles. The Morgan fingerprint density at radius 3 is 2.52 bits per heavy atom. The predicted octanol–water partition coefficient (Wildman–Crippen LogP) is 4.72. The molecule has 2 aliphatic rings. The van der Waals surface area contributed by atoms with Crippen molar-refractivity contribution < 1.29 is 28.3 Å². The molecule has 5 rings (SSSR count). The highest BCUT2D eigenvalue weighted by atomic mass is 32.1. The zero-order chi connectivity index (χ0) is 30.0. The summed E-state index contributed by atoms with van der Waals surface area (Å²) >= 11 is 0.842. The Bertz CT molecular complexity index is 1470. The highest BCUT2D eigenvalue weighted by Crippen LogP contribution is 2.36. The molecule has 0 saturated heterocycles. The molecule has 3 aromatic rings. The van der Waals surface area contributed by atoms with Crippen LogP contribution in [0.2, 0.25) is 0 Å². The van der Waals surface area contributed by atoms with E-state index < -0.39 is 29.3 Å². The second kappa shape index (κ2) is 12.0. The van der Waals surface area contributed by atoms with Crippen LogP contribution < -0.4 is 25.8 Å². The molecule has 1 aliphatic heterocycles. The molecule has 2 aromatic heterocycles. The number of aryl methyl sites for hydroxylation is 1. The van der Waals surface area contributed by atoms with Gasteiger partial charge in [-0.25, -0.2) is 0 Å². The monoisotopic (exact) mass is 595 g/mol. The molecule has 0 spiro atoms. The van der Waals surface area contributed by atoms with Crippen LogP contribution in [0, 0.1) is 6.92 Å². The summed E-state index contributed by atoms with van der Waals surface area (Å²) in [6.45, 7) is 7.46. The number of hydrogen-bond donors (Lipinski definition) is 3. The summed E-state index contributed by atoms with van der Waals surface area (Å²) in [5.41, 5.74) is 6.53. The lowest BCUT2D eigenvalue weighted by Crippen LogP contribution is -2.49. The Labute approximate surface area is 248 Å². The highest BCUT2D eigenvalue weighted by Gasteiger charge is 2.38. The van der Waals surface area contributed by atoms with Crippen molar-refractivity contribution in [2.45, 2.75) is 84.0 Å². The number of carbonyl (C=O) groups excluding carboxylic acids is 3. The van der Waals surface area contributed by atoms with Gasteiger partial charge in [0.2, 0.25) is 6.79 Å². The molecule has 0 unspecified atom stereocenters. The molecule has 4 N–H and O–H groups in total. The maximum absolute atomic E-state index is 14.3. The van der Waals surface area contributed by atoms with E-state index in [0.29, 0.717) is 28.6 Å². The van der Waals surface area contributed by atoms with Gasteiger partial charge in [0, 0.05) is 18.1 Å². The first kappa shape index (κ1) is 29.4. The van der Waals surface area contributed by atoms with Crippen molar-refractivity contribution >= 4 is 34.9 Å². The van der Waals surface area contributed by atoms with Crippen molar-refractivity contribution in [1.82, 2.24) is 19.9 Å². The third-order valence-corrected chi connectivity index (χ3v) is 8.07. The van der Waals surface area contributed by atoms with Gasteiger partial charge < -0.3 is 35.2 Å². The van der Waals surface area contributed by atoms with E-state index >= 15 is 0 Å². The van der Waals surface area contributed by atoms with Gasteiger partial charge in [0.15, 0.2) is 23.2 Å². The number of benzene rings is 1. The third-order valence-electron chi connectivity index (χ3n) is 7.22. The Morgan fingerprint density at radius 2 is 1.83 bits per heavy atom. The van der Waals surface area contributed by atoms with E-state index in [0.717, 1.165) is 43.6 Å². The second-order valence-electron chi connectivity index (χ2n) is 11.8. The molecular formula is C30H37N5O6S. The van der Waals surface area contributed by atoms with E-state index in [1.807, 2.05) is 20.8 Å². The lowest BCUT2D eigenvalue weighted by molar-refractivity contribution is -0.128. The Balaban J connectivity index is 1.51. The number of carbonyl (C=O) groups is 3. The topological polar surface area (TPSA) is 149 Å². The summed E-state index contributed by atoms with van der Waals surface area (Å²) in [7, 11) is 0. The first-order valence-corrected chi connectivity index (χ1v) is 14.9. The van der Waals surface area contributed by atoms with Gasteiger partial charge in [0.1, 0.15) is 16.4 Å². The molecular weight excluding hydrogens is 558 g/mol. The number of ether oxygens (including phenoxy) is 2. The van der Waals surface area contributed by atoms with E-state index in [2.05, 4.69) is 15.0 Å².